The van der Waals surface area contributed by atoms with Crippen molar-refractivity contribution in [3.63, 3.8) is 0 Å². The number of rotatable bonds is 4. The van der Waals surface area contributed by atoms with E-state index in [9.17, 15) is 0 Å². The summed E-state index contributed by atoms with van der Waals surface area (Å²) in [5.41, 5.74) is 7.78. The molecule has 6 nitrogen and oxygen atoms in total. The van der Waals surface area contributed by atoms with Crippen LogP contribution in [0.4, 0.5) is 0 Å². The van der Waals surface area contributed by atoms with Crippen LogP contribution in [0.1, 0.15) is 17.0 Å². The first-order chi connectivity index (χ1) is 14.2. The summed E-state index contributed by atoms with van der Waals surface area (Å²) in [6, 6.07) is 17.0. The van der Waals surface area contributed by atoms with Crippen LogP contribution >= 0.6 is 0 Å². The first kappa shape index (κ1) is 17.3. The maximum Gasteiger partial charge on any atom is 0.160 e. The minimum absolute atomic E-state index is 0.614. The summed E-state index contributed by atoms with van der Waals surface area (Å²) in [6.45, 7) is 4.89. The van der Waals surface area contributed by atoms with Crippen LogP contribution in [-0.4, -0.2) is 29.7 Å². The first-order valence-corrected chi connectivity index (χ1v) is 9.51. The predicted octanol–water partition coefficient (Wildman–Crippen LogP) is 4.50. The highest BCUT2D eigenvalue weighted by Gasteiger charge is 2.13. The fraction of sp³-hybridized carbons (Fsp3) is 0.130. The fourth-order valence-corrected chi connectivity index (χ4v) is 3.39. The molecule has 3 heterocycles. The number of nitrogens with one attached hydrogen (secondary N) is 1. The van der Waals surface area contributed by atoms with Gasteiger partial charge in [-0.2, -0.15) is 5.10 Å². The average molecular weight is 380 g/mol. The minimum atomic E-state index is 0.614. The summed E-state index contributed by atoms with van der Waals surface area (Å²) in [5, 5.41) is 6.76. The van der Waals surface area contributed by atoms with Gasteiger partial charge in [0.05, 0.1) is 12.2 Å². The number of hydrogen-bond donors (Lipinski definition) is 1. The first-order valence-electron chi connectivity index (χ1n) is 9.51. The Hall–Kier alpha value is -3.80. The van der Waals surface area contributed by atoms with Crippen molar-refractivity contribution in [1.82, 2.24) is 29.7 Å². The van der Waals surface area contributed by atoms with Crippen LogP contribution in [0.5, 0.6) is 0 Å². The van der Waals surface area contributed by atoms with Crippen molar-refractivity contribution in [2.75, 3.05) is 0 Å². The number of imidazole rings is 1. The second-order valence-electron chi connectivity index (χ2n) is 7.24. The van der Waals surface area contributed by atoms with Crippen LogP contribution in [0.3, 0.4) is 0 Å². The van der Waals surface area contributed by atoms with Gasteiger partial charge in [-0.25, -0.2) is 15.0 Å². The van der Waals surface area contributed by atoms with Crippen LogP contribution in [0.2, 0.25) is 0 Å². The molecule has 2 aliphatic rings. The van der Waals surface area contributed by atoms with Crippen molar-refractivity contribution in [2.45, 2.75) is 20.4 Å². The topological polar surface area (TPSA) is 72.3 Å². The van der Waals surface area contributed by atoms with Gasteiger partial charge in [0.25, 0.3) is 0 Å². The van der Waals surface area contributed by atoms with E-state index in [2.05, 4.69) is 76.5 Å². The standard InChI is InChI=1S/C23H20N6/c1-15-3-4-19(11-16(15)2)17-5-7-18(8-6-17)23-26-20-9-10-29(12-21(20)27-23)13-22-24-14-25-28-22/h3-12,14H,13H2,1-2H3,(H,24,25,28). The second-order valence-corrected chi connectivity index (χ2v) is 7.24. The number of benzene rings is 2. The van der Waals surface area contributed by atoms with Gasteiger partial charge in [-0.05, 0) is 42.2 Å². The quantitative estimate of drug-likeness (QED) is 0.498. The Morgan fingerprint density at radius 3 is 2.34 bits per heavy atom. The number of H-pyrrole nitrogens is 1. The lowest BCUT2D eigenvalue weighted by Gasteiger charge is -2.06. The van der Waals surface area contributed by atoms with E-state index in [0.717, 1.165) is 28.6 Å². The largest absolute Gasteiger partial charge is 0.344 e. The third-order valence-corrected chi connectivity index (χ3v) is 5.21. The average Bonchev–Trinajstić information content (AvgIpc) is 3.40. The molecule has 0 spiro atoms. The van der Waals surface area contributed by atoms with Gasteiger partial charge in [0, 0.05) is 18.0 Å². The van der Waals surface area contributed by atoms with Gasteiger partial charge in [0.1, 0.15) is 17.8 Å². The van der Waals surface area contributed by atoms with E-state index < -0.39 is 0 Å². The molecule has 6 heteroatoms. The van der Waals surface area contributed by atoms with Crippen LogP contribution in [0.15, 0.2) is 67.3 Å². The zero-order valence-corrected chi connectivity index (χ0v) is 16.3. The van der Waals surface area contributed by atoms with E-state index in [1.807, 2.05) is 23.0 Å². The molecule has 0 atom stereocenters. The van der Waals surface area contributed by atoms with E-state index in [1.165, 1.54) is 28.6 Å². The van der Waals surface area contributed by atoms with Crippen molar-refractivity contribution in [3.05, 3.63) is 84.2 Å². The Labute approximate surface area is 168 Å². The molecule has 0 radical (unpaired) electrons. The van der Waals surface area contributed by atoms with Gasteiger partial charge in [-0.1, -0.05) is 42.5 Å². The summed E-state index contributed by atoms with van der Waals surface area (Å²) in [5.74, 6) is 1.54. The molecular weight excluding hydrogens is 360 g/mol. The van der Waals surface area contributed by atoms with E-state index in [4.69, 9.17) is 4.98 Å². The molecule has 0 saturated heterocycles. The van der Waals surface area contributed by atoms with E-state index in [0.29, 0.717) is 6.54 Å². The van der Waals surface area contributed by atoms with Crippen LogP contribution in [0.25, 0.3) is 33.9 Å². The number of fused-ring (bicyclic) bond motifs is 1. The highest BCUT2D eigenvalue weighted by Crippen LogP contribution is 2.28. The summed E-state index contributed by atoms with van der Waals surface area (Å²) in [6.07, 6.45) is 5.47. The molecule has 0 amide bonds. The molecule has 5 rings (SSSR count). The number of nitrogens with zero attached hydrogens (tertiary/aromatic N) is 5. The Balaban J connectivity index is 1.43. The molecule has 2 aromatic carbocycles. The highest BCUT2D eigenvalue weighted by atomic mass is 15.2. The molecule has 0 bridgehead atoms. The van der Waals surface area contributed by atoms with Crippen LogP contribution < -0.4 is 0 Å². The third-order valence-electron chi connectivity index (χ3n) is 5.21. The highest BCUT2D eigenvalue weighted by molar-refractivity contribution is 5.71. The Morgan fingerprint density at radius 1 is 0.828 bits per heavy atom. The Morgan fingerprint density at radius 2 is 1.59 bits per heavy atom. The molecule has 1 N–H and O–H groups in total. The molecule has 0 aliphatic carbocycles. The molecule has 0 saturated carbocycles. The number of aromatic amines is 1. The van der Waals surface area contributed by atoms with Gasteiger partial charge < -0.3 is 4.57 Å². The predicted molar refractivity (Wildman–Crippen MR) is 112 cm³/mol. The van der Waals surface area contributed by atoms with Crippen LogP contribution in [-0.2, 0) is 6.54 Å². The lowest BCUT2D eigenvalue weighted by atomic mass is 9.99. The molecule has 1 aromatic heterocycles. The molecular formula is C23H20N6. The molecule has 29 heavy (non-hydrogen) atoms. The van der Waals surface area contributed by atoms with Gasteiger partial charge in [-0.15, -0.1) is 0 Å². The lowest BCUT2D eigenvalue weighted by Crippen LogP contribution is -2.02. The number of hydrogen-bond acceptors (Lipinski definition) is 4. The third kappa shape index (κ3) is 3.40. The maximum absolute atomic E-state index is 4.72. The van der Waals surface area contributed by atoms with Gasteiger partial charge in [0.15, 0.2) is 5.82 Å². The summed E-state index contributed by atoms with van der Waals surface area (Å²) in [7, 11) is 0. The number of aromatic nitrogens is 6. The van der Waals surface area contributed by atoms with Gasteiger partial charge in [0.2, 0.25) is 0 Å². The van der Waals surface area contributed by atoms with Gasteiger partial charge >= 0.3 is 0 Å². The van der Waals surface area contributed by atoms with Crippen molar-refractivity contribution in [3.8, 4) is 33.9 Å². The van der Waals surface area contributed by atoms with Gasteiger partial charge in [-0.3, -0.25) is 5.10 Å². The monoisotopic (exact) mass is 380 g/mol. The van der Waals surface area contributed by atoms with Crippen molar-refractivity contribution in [2.24, 2.45) is 0 Å². The minimum Gasteiger partial charge on any atom is -0.344 e. The van der Waals surface area contributed by atoms with E-state index in [-0.39, 0.29) is 0 Å². The summed E-state index contributed by atoms with van der Waals surface area (Å²) < 4.78 is 2.02. The Kier molecular flexibility index (Phi) is 4.17. The van der Waals surface area contributed by atoms with E-state index >= 15 is 0 Å². The second kappa shape index (κ2) is 6.98. The summed E-state index contributed by atoms with van der Waals surface area (Å²) in [4.78, 5) is 13.6. The normalized spacial score (nSPS) is 11.2. The number of aryl methyl sites for hydroxylation is 2. The van der Waals surface area contributed by atoms with Crippen molar-refractivity contribution >= 4 is 0 Å². The molecule has 2 aliphatic heterocycles. The lowest BCUT2D eigenvalue weighted by molar-refractivity contribution is 0.741. The molecule has 142 valence electrons. The molecule has 3 aromatic rings. The summed E-state index contributed by atoms with van der Waals surface area (Å²) >= 11 is 0. The smallest absolute Gasteiger partial charge is 0.160 e. The number of pyridine rings is 1. The zero-order chi connectivity index (χ0) is 19.8. The van der Waals surface area contributed by atoms with Crippen molar-refractivity contribution < 1.29 is 0 Å². The van der Waals surface area contributed by atoms with Crippen molar-refractivity contribution in [1.29, 1.82) is 0 Å². The molecule has 0 unspecified atom stereocenters. The fourth-order valence-electron chi connectivity index (χ4n) is 3.39. The van der Waals surface area contributed by atoms with E-state index in [1.54, 1.807) is 0 Å². The SMILES string of the molecule is Cc1ccc(-c2ccc(-c3nc4ccn(Cc5ncn[nH]5)cc-4n3)cc2)cc1C. The zero-order valence-electron chi connectivity index (χ0n) is 16.3. The Bertz CT molecular complexity index is 1240. The maximum atomic E-state index is 4.72. The molecule has 0 fully saturated rings. The van der Waals surface area contributed by atoms with Crippen LogP contribution in [0, 0.1) is 13.8 Å².